The van der Waals surface area contributed by atoms with Crippen LogP contribution >= 0.6 is 0 Å². The first kappa shape index (κ1) is 23.6. The van der Waals surface area contributed by atoms with Crippen molar-refractivity contribution in [1.82, 2.24) is 10.6 Å². The van der Waals surface area contributed by atoms with Crippen molar-refractivity contribution in [2.45, 2.75) is 51.6 Å². The molecule has 0 atom stereocenters. The number of aryl methyl sites for hydroxylation is 1. The van der Waals surface area contributed by atoms with Crippen LogP contribution in [-0.2, 0) is 21.4 Å². The molecule has 0 heterocycles. The molecule has 2 aromatic carbocycles. The van der Waals surface area contributed by atoms with Crippen molar-refractivity contribution >= 4 is 33.3 Å². The summed E-state index contributed by atoms with van der Waals surface area (Å²) in [6, 6.07) is 14.2. The molecule has 9 heteroatoms. The summed E-state index contributed by atoms with van der Waals surface area (Å²) in [4.78, 5) is 25.7. The summed E-state index contributed by atoms with van der Waals surface area (Å²) in [5.74, 6) is -0.294. The van der Waals surface area contributed by atoms with E-state index in [2.05, 4.69) is 20.7 Å². The molecule has 1 aliphatic carbocycles. The Labute approximate surface area is 189 Å². The molecule has 32 heavy (non-hydrogen) atoms. The lowest BCUT2D eigenvalue weighted by atomic mass is 9.96. The summed E-state index contributed by atoms with van der Waals surface area (Å²) >= 11 is 0. The highest BCUT2D eigenvalue weighted by molar-refractivity contribution is 7.92. The Kier molecular flexibility index (Phi) is 7.40. The molecule has 3 amide bonds. The molecular weight excluding hydrogens is 428 g/mol. The van der Waals surface area contributed by atoms with Gasteiger partial charge in [0.1, 0.15) is 5.54 Å². The van der Waals surface area contributed by atoms with Crippen molar-refractivity contribution in [2.24, 2.45) is 0 Å². The van der Waals surface area contributed by atoms with Crippen LogP contribution in [0, 0.1) is 6.92 Å². The monoisotopic (exact) mass is 458 g/mol. The largest absolute Gasteiger partial charge is 0.334 e. The number of anilines is 2. The molecular formula is C23H30N4O4S. The fourth-order valence-electron chi connectivity index (χ4n) is 3.77. The average molecular weight is 459 g/mol. The van der Waals surface area contributed by atoms with E-state index in [1.807, 2.05) is 30.3 Å². The maximum atomic E-state index is 13.2. The first-order chi connectivity index (χ1) is 15.2. The lowest BCUT2D eigenvalue weighted by Gasteiger charge is -2.29. The van der Waals surface area contributed by atoms with E-state index < -0.39 is 15.6 Å². The molecule has 2 aromatic rings. The number of hydrogen-bond donors (Lipinski definition) is 4. The third-order valence-electron chi connectivity index (χ3n) is 5.67. The second-order valence-corrected chi connectivity index (χ2v) is 10.1. The van der Waals surface area contributed by atoms with Crippen LogP contribution in [0.2, 0.25) is 0 Å². The van der Waals surface area contributed by atoms with Gasteiger partial charge in [0, 0.05) is 12.2 Å². The summed E-state index contributed by atoms with van der Waals surface area (Å²) in [5.41, 5.74) is 1.70. The van der Waals surface area contributed by atoms with Crippen molar-refractivity contribution < 1.29 is 18.0 Å². The van der Waals surface area contributed by atoms with Crippen LogP contribution in [0.25, 0.3) is 0 Å². The minimum Gasteiger partial charge on any atom is -0.334 e. The van der Waals surface area contributed by atoms with Crippen molar-refractivity contribution in [2.75, 3.05) is 15.8 Å². The van der Waals surface area contributed by atoms with Crippen LogP contribution in [0.15, 0.2) is 48.5 Å². The van der Waals surface area contributed by atoms with Crippen LogP contribution in [0.1, 0.15) is 43.7 Å². The maximum absolute atomic E-state index is 13.2. The number of hydrogen-bond acceptors (Lipinski definition) is 4. The minimum atomic E-state index is -3.38. The second kappa shape index (κ2) is 10.0. The predicted octanol–water partition coefficient (Wildman–Crippen LogP) is 3.51. The van der Waals surface area contributed by atoms with Crippen LogP contribution in [-0.4, -0.2) is 31.6 Å². The quantitative estimate of drug-likeness (QED) is 0.484. The van der Waals surface area contributed by atoms with Crippen LogP contribution < -0.4 is 20.7 Å². The summed E-state index contributed by atoms with van der Waals surface area (Å²) in [7, 11) is -3.38. The minimum absolute atomic E-state index is 0.0224. The molecule has 0 aliphatic heterocycles. The van der Waals surface area contributed by atoms with Gasteiger partial charge in [-0.2, -0.15) is 0 Å². The van der Waals surface area contributed by atoms with E-state index in [1.54, 1.807) is 32.0 Å². The summed E-state index contributed by atoms with van der Waals surface area (Å²) in [6.45, 7) is 3.71. The number of nitrogens with one attached hydrogen (secondary N) is 4. The highest BCUT2D eigenvalue weighted by Gasteiger charge is 2.42. The van der Waals surface area contributed by atoms with E-state index >= 15 is 0 Å². The Morgan fingerprint density at radius 1 is 1.03 bits per heavy atom. The summed E-state index contributed by atoms with van der Waals surface area (Å²) in [5, 5.41) is 8.60. The number of urea groups is 1. The van der Waals surface area contributed by atoms with Gasteiger partial charge in [-0.15, -0.1) is 0 Å². The fraction of sp³-hybridized carbons (Fsp3) is 0.391. The van der Waals surface area contributed by atoms with Gasteiger partial charge in [-0.05, 0) is 56.0 Å². The van der Waals surface area contributed by atoms with Gasteiger partial charge in [0.15, 0.2) is 0 Å². The van der Waals surface area contributed by atoms with E-state index in [1.165, 1.54) is 0 Å². The molecule has 0 saturated heterocycles. The topological polar surface area (TPSA) is 116 Å². The Bertz CT molecular complexity index is 1060. The zero-order valence-corrected chi connectivity index (χ0v) is 19.2. The van der Waals surface area contributed by atoms with Crippen molar-refractivity contribution in [3.05, 3.63) is 59.7 Å². The molecule has 8 nitrogen and oxygen atoms in total. The Morgan fingerprint density at radius 3 is 2.34 bits per heavy atom. The zero-order valence-electron chi connectivity index (χ0n) is 18.4. The summed E-state index contributed by atoms with van der Waals surface area (Å²) < 4.78 is 26.2. The number of benzene rings is 2. The molecule has 0 aromatic heterocycles. The van der Waals surface area contributed by atoms with Gasteiger partial charge in [0.25, 0.3) is 0 Å². The van der Waals surface area contributed by atoms with Gasteiger partial charge in [-0.1, -0.05) is 43.2 Å². The first-order valence-corrected chi connectivity index (χ1v) is 12.4. The van der Waals surface area contributed by atoms with E-state index in [0.717, 1.165) is 18.4 Å². The average Bonchev–Trinajstić information content (AvgIpc) is 3.24. The lowest BCUT2D eigenvalue weighted by molar-refractivity contribution is -0.121. The highest BCUT2D eigenvalue weighted by atomic mass is 32.2. The number of amides is 3. The molecule has 172 valence electrons. The van der Waals surface area contributed by atoms with Crippen LogP contribution in [0.4, 0.5) is 16.2 Å². The summed E-state index contributed by atoms with van der Waals surface area (Å²) in [6.07, 6.45) is 2.82. The molecule has 4 N–H and O–H groups in total. The smallest absolute Gasteiger partial charge is 0.315 e. The Morgan fingerprint density at radius 2 is 1.72 bits per heavy atom. The van der Waals surface area contributed by atoms with Gasteiger partial charge >= 0.3 is 6.03 Å². The molecule has 1 aliphatic rings. The van der Waals surface area contributed by atoms with Gasteiger partial charge in [-0.3, -0.25) is 9.52 Å². The zero-order chi connectivity index (χ0) is 23.2. The molecule has 0 bridgehead atoms. The van der Waals surface area contributed by atoms with Gasteiger partial charge in [0.2, 0.25) is 15.9 Å². The van der Waals surface area contributed by atoms with Gasteiger partial charge in [0.05, 0.1) is 11.4 Å². The van der Waals surface area contributed by atoms with Gasteiger partial charge < -0.3 is 16.0 Å². The van der Waals surface area contributed by atoms with E-state index in [4.69, 9.17) is 0 Å². The van der Waals surface area contributed by atoms with Crippen molar-refractivity contribution in [3.63, 3.8) is 0 Å². The number of carbonyl (C=O) groups is 2. The third-order valence-corrected chi connectivity index (χ3v) is 6.96. The molecule has 1 fully saturated rings. The Hall–Kier alpha value is -3.07. The SMILES string of the molecule is CCS(=O)(=O)Nc1ccc(NC(=O)C2(NC(=O)NCc3ccccc3)CCCC2)cc1C. The third kappa shape index (κ3) is 6.00. The second-order valence-electron chi connectivity index (χ2n) is 8.07. The Balaban J connectivity index is 1.65. The van der Waals surface area contributed by atoms with Crippen molar-refractivity contribution in [3.8, 4) is 0 Å². The van der Waals surface area contributed by atoms with E-state index in [0.29, 0.717) is 36.3 Å². The van der Waals surface area contributed by atoms with Crippen LogP contribution in [0.3, 0.4) is 0 Å². The van der Waals surface area contributed by atoms with E-state index in [-0.39, 0.29) is 17.7 Å². The number of rotatable bonds is 8. The van der Waals surface area contributed by atoms with Crippen LogP contribution in [0.5, 0.6) is 0 Å². The predicted molar refractivity (Wildman–Crippen MR) is 126 cm³/mol. The van der Waals surface area contributed by atoms with Crippen molar-refractivity contribution in [1.29, 1.82) is 0 Å². The molecule has 3 rings (SSSR count). The molecule has 0 spiro atoms. The fourth-order valence-corrected chi connectivity index (χ4v) is 4.48. The van der Waals surface area contributed by atoms with E-state index in [9.17, 15) is 18.0 Å². The molecule has 0 radical (unpaired) electrons. The number of carbonyl (C=O) groups excluding carboxylic acids is 2. The molecule has 1 saturated carbocycles. The molecule has 0 unspecified atom stereocenters. The number of sulfonamides is 1. The normalized spacial score (nSPS) is 15.1. The lowest BCUT2D eigenvalue weighted by Crippen LogP contribution is -2.57. The first-order valence-electron chi connectivity index (χ1n) is 10.8. The maximum Gasteiger partial charge on any atom is 0.315 e. The highest BCUT2D eigenvalue weighted by Crippen LogP contribution is 2.31. The standard InChI is InChI=1S/C23H30N4O4S/c1-3-32(30,31)27-20-12-11-19(15-17(20)2)25-21(28)23(13-7-8-14-23)26-22(29)24-16-18-9-5-4-6-10-18/h4-6,9-12,15,27H,3,7-8,13-14,16H2,1-2H3,(H,25,28)(H2,24,26,29). The van der Waals surface area contributed by atoms with Gasteiger partial charge in [-0.25, -0.2) is 13.2 Å².